The summed E-state index contributed by atoms with van der Waals surface area (Å²) in [5.41, 5.74) is 1.15. The van der Waals surface area contributed by atoms with Crippen molar-refractivity contribution in [3.05, 3.63) is 21.8 Å². The number of halogens is 1. The van der Waals surface area contributed by atoms with Crippen LogP contribution in [-0.2, 0) is 4.74 Å². The van der Waals surface area contributed by atoms with Crippen molar-refractivity contribution >= 4 is 28.3 Å². The molecule has 0 aromatic heterocycles. The van der Waals surface area contributed by atoms with Gasteiger partial charge in [0.25, 0.3) is 0 Å². The van der Waals surface area contributed by atoms with Crippen molar-refractivity contribution in [2.45, 2.75) is 6.04 Å². The summed E-state index contributed by atoms with van der Waals surface area (Å²) in [7, 11) is 1.68. The minimum Gasteiger partial charge on any atom is -0.497 e. The van der Waals surface area contributed by atoms with E-state index in [1.54, 1.807) is 7.11 Å². The van der Waals surface area contributed by atoms with Crippen LogP contribution in [0.3, 0.4) is 0 Å². The molecule has 1 fully saturated rings. The van der Waals surface area contributed by atoms with Crippen molar-refractivity contribution in [3.63, 3.8) is 0 Å². The average molecular weight is 305 g/mol. The third-order valence-corrected chi connectivity index (χ3v) is 3.07. The zero-order chi connectivity index (χ0) is 9.97. The maximum atomic E-state index is 5.14. The summed E-state index contributed by atoms with van der Waals surface area (Å²) in [5.74, 6) is 0.893. The summed E-state index contributed by atoms with van der Waals surface area (Å²) in [6.07, 6.45) is 0. The quantitative estimate of drug-likeness (QED) is 0.868. The van der Waals surface area contributed by atoms with Crippen molar-refractivity contribution in [1.82, 2.24) is 0 Å². The fourth-order valence-electron chi connectivity index (χ4n) is 1.28. The van der Waals surface area contributed by atoms with Gasteiger partial charge in [-0.25, -0.2) is 0 Å². The van der Waals surface area contributed by atoms with Gasteiger partial charge in [-0.1, -0.05) is 0 Å². The van der Waals surface area contributed by atoms with E-state index in [-0.39, 0.29) is 0 Å². The van der Waals surface area contributed by atoms with Crippen LogP contribution in [0.5, 0.6) is 5.75 Å². The fourth-order valence-corrected chi connectivity index (χ4v) is 1.92. The van der Waals surface area contributed by atoms with Crippen LogP contribution in [0.4, 0.5) is 5.69 Å². The molecular weight excluding hydrogens is 293 g/mol. The van der Waals surface area contributed by atoms with Gasteiger partial charge in [-0.05, 0) is 40.8 Å². The smallest absolute Gasteiger partial charge is 0.120 e. The van der Waals surface area contributed by atoms with Crippen LogP contribution in [-0.4, -0.2) is 26.4 Å². The first-order valence-corrected chi connectivity index (χ1v) is 5.55. The van der Waals surface area contributed by atoms with Gasteiger partial charge in [0.15, 0.2) is 0 Å². The Hall–Kier alpha value is -0.490. The highest BCUT2D eigenvalue weighted by Crippen LogP contribution is 2.24. The van der Waals surface area contributed by atoms with Gasteiger partial charge in [-0.2, -0.15) is 0 Å². The van der Waals surface area contributed by atoms with E-state index in [9.17, 15) is 0 Å². The van der Waals surface area contributed by atoms with Crippen LogP contribution < -0.4 is 10.1 Å². The summed E-state index contributed by atoms with van der Waals surface area (Å²) < 4.78 is 11.4. The third-order valence-electron chi connectivity index (χ3n) is 2.17. The van der Waals surface area contributed by atoms with Gasteiger partial charge >= 0.3 is 0 Å². The first-order chi connectivity index (χ1) is 6.79. The maximum absolute atomic E-state index is 5.14. The molecule has 0 radical (unpaired) electrons. The van der Waals surface area contributed by atoms with Crippen molar-refractivity contribution in [2.24, 2.45) is 0 Å². The van der Waals surface area contributed by atoms with E-state index in [2.05, 4.69) is 27.9 Å². The van der Waals surface area contributed by atoms with Gasteiger partial charge in [0.2, 0.25) is 0 Å². The molecule has 2 rings (SSSR count). The van der Waals surface area contributed by atoms with Crippen LogP contribution in [0.25, 0.3) is 0 Å². The van der Waals surface area contributed by atoms with E-state index >= 15 is 0 Å². The van der Waals surface area contributed by atoms with Crippen molar-refractivity contribution < 1.29 is 9.47 Å². The van der Waals surface area contributed by atoms with E-state index in [0.29, 0.717) is 6.04 Å². The summed E-state index contributed by atoms with van der Waals surface area (Å²) in [5, 5.41) is 3.41. The van der Waals surface area contributed by atoms with E-state index in [4.69, 9.17) is 9.47 Å². The summed E-state index contributed by atoms with van der Waals surface area (Å²) >= 11 is 2.30. The number of anilines is 1. The Bertz CT molecular complexity index is 326. The number of ether oxygens (including phenoxy) is 2. The molecule has 0 unspecified atom stereocenters. The molecule has 1 aliphatic heterocycles. The molecule has 1 heterocycles. The molecule has 1 aromatic rings. The molecule has 0 spiro atoms. The summed E-state index contributed by atoms with van der Waals surface area (Å²) in [6, 6.07) is 6.49. The van der Waals surface area contributed by atoms with E-state index in [0.717, 1.165) is 24.7 Å². The molecule has 14 heavy (non-hydrogen) atoms. The molecule has 1 aromatic carbocycles. The molecule has 1 saturated heterocycles. The molecule has 0 saturated carbocycles. The molecule has 1 N–H and O–H groups in total. The number of hydrogen-bond donors (Lipinski definition) is 1. The zero-order valence-electron chi connectivity index (χ0n) is 7.92. The summed E-state index contributed by atoms with van der Waals surface area (Å²) in [4.78, 5) is 0. The van der Waals surface area contributed by atoms with Crippen molar-refractivity contribution in [3.8, 4) is 5.75 Å². The number of rotatable bonds is 3. The average Bonchev–Trinajstić information content (AvgIpc) is 2.13. The highest BCUT2D eigenvalue weighted by molar-refractivity contribution is 14.1. The Morgan fingerprint density at radius 1 is 1.50 bits per heavy atom. The molecule has 0 amide bonds. The number of hydrogen-bond acceptors (Lipinski definition) is 3. The SMILES string of the molecule is COc1ccc(NC2COC2)c(I)c1. The highest BCUT2D eigenvalue weighted by Gasteiger charge is 2.18. The lowest BCUT2D eigenvalue weighted by atomic mass is 10.2. The normalized spacial score (nSPS) is 16.1. The predicted octanol–water partition coefficient (Wildman–Crippen LogP) is 2.11. The fraction of sp³-hybridized carbons (Fsp3) is 0.400. The van der Waals surface area contributed by atoms with Crippen molar-refractivity contribution in [1.29, 1.82) is 0 Å². The Balaban J connectivity index is 2.09. The Morgan fingerprint density at radius 3 is 2.79 bits per heavy atom. The van der Waals surface area contributed by atoms with Crippen LogP contribution in [0.2, 0.25) is 0 Å². The topological polar surface area (TPSA) is 30.5 Å². The Kier molecular flexibility index (Phi) is 3.12. The second-order valence-electron chi connectivity index (χ2n) is 3.22. The van der Waals surface area contributed by atoms with Crippen LogP contribution in [0, 0.1) is 3.57 Å². The van der Waals surface area contributed by atoms with Crippen LogP contribution in [0.15, 0.2) is 18.2 Å². The Labute approximate surface area is 96.9 Å². The minimum atomic E-state index is 0.469. The van der Waals surface area contributed by atoms with Gasteiger partial charge in [0.1, 0.15) is 5.75 Å². The minimum absolute atomic E-state index is 0.469. The number of methoxy groups -OCH3 is 1. The number of nitrogens with one attached hydrogen (secondary N) is 1. The maximum Gasteiger partial charge on any atom is 0.120 e. The van der Waals surface area contributed by atoms with Gasteiger partial charge in [-0.15, -0.1) is 0 Å². The molecule has 4 heteroatoms. The second-order valence-corrected chi connectivity index (χ2v) is 4.39. The first-order valence-electron chi connectivity index (χ1n) is 4.47. The van der Waals surface area contributed by atoms with Crippen LogP contribution >= 0.6 is 22.6 Å². The second kappa shape index (κ2) is 4.35. The van der Waals surface area contributed by atoms with Gasteiger partial charge in [-0.3, -0.25) is 0 Å². The van der Waals surface area contributed by atoms with Gasteiger partial charge in [0.05, 0.1) is 26.4 Å². The monoisotopic (exact) mass is 305 g/mol. The molecule has 0 bridgehead atoms. The summed E-state index contributed by atoms with van der Waals surface area (Å²) in [6.45, 7) is 1.62. The van der Waals surface area contributed by atoms with E-state index in [1.165, 1.54) is 3.57 Å². The van der Waals surface area contributed by atoms with Crippen molar-refractivity contribution in [2.75, 3.05) is 25.6 Å². The molecule has 3 nitrogen and oxygen atoms in total. The standard InChI is InChI=1S/C10H12INO2/c1-13-8-2-3-10(9(11)4-8)12-7-5-14-6-7/h2-4,7,12H,5-6H2,1H3. The van der Waals surface area contributed by atoms with Gasteiger partial charge in [0, 0.05) is 9.26 Å². The third kappa shape index (κ3) is 2.12. The van der Waals surface area contributed by atoms with E-state index < -0.39 is 0 Å². The van der Waals surface area contributed by atoms with E-state index in [1.807, 2.05) is 18.2 Å². The molecule has 1 aliphatic rings. The first kappa shape index (κ1) is 10.0. The molecule has 76 valence electrons. The highest BCUT2D eigenvalue weighted by atomic mass is 127. The lowest BCUT2D eigenvalue weighted by Crippen LogP contribution is -2.40. The van der Waals surface area contributed by atoms with Crippen LogP contribution in [0.1, 0.15) is 0 Å². The zero-order valence-corrected chi connectivity index (χ0v) is 10.1. The van der Waals surface area contributed by atoms with Gasteiger partial charge < -0.3 is 14.8 Å². The lowest BCUT2D eigenvalue weighted by molar-refractivity contribution is 0.0211. The number of benzene rings is 1. The lowest BCUT2D eigenvalue weighted by Gasteiger charge is -2.28. The predicted molar refractivity (Wildman–Crippen MR) is 63.9 cm³/mol. The largest absolute Gasteiger partial charge is 0.497 e. The molecule has 0 aliphatic carbocycles. The molecular formula is C10H12INO2. The molecule has 0 atom stereocenters. The Morgan fingerprint density at radius 2 is 2.29 bits per heavy atom.